The molecule has 21 heavy (non-hydrogen) atoms. The van der Waals surface area contributed by atoms with Crippen LogP contribution in [-0.2, 0) is 13.2 Å². The molecule has 2 aromatic rings. The maximum absolute atomic E-state index is 5.85. The van der Waals surface area contributed by atoms with Crippen molar-refractivity contribution in [1.82, 2.24) is 15.5 Å². The Hall–Kier alpha value is -2.08. The molecule has 0 aliphatic carbocycles. The molecule has 0 unspecified atom stereocenters. The Morgan fingerprint density at radius 2 is 2.14 bits per heavy atom. The van der Waals surface area contributed by atoms with Crippen molar-refractivity contribution >= 4 is 0 Å². The molecule has 1 heterocycles. The van der Waals surface area contributed by atoms with Crippen molar-refractivity contribution in [3.8, 4) is 11.5 Å². The summed E-state index contributed by atoms with van der Waals surface area (Å²) in [4.78, 5) is 3.95. The van der Waals surface area contributed by atoms with E-state index in [4.69, 9.17) is 14.0 Å². The van der Waals surface area contributed by atoms with Gasteiger partial charge in [-0.25, -0.2) is 0 Å². The number of ether oxygens (including phenoxy) is 2. The predicted octanol–water partition coefficient (Wildman–Crippen LogP) is 2.55. The lowest BCUT2D eigenvalue weighted by molar-refractivity contribution is 0.255. The van der Waals surface area contributed by atoms with Gasteiger partial charge in [-0.3, -0.25) is 0 Å². The van der Waals surface area contributed by atoms with Gasteiger partial charge >= 0.3 is 0 Å². The van der Waals surface area contributed by atoms with Crippen LogP contribution in [0.3, 0.4) is 0 Å². The second-order valence-electron chi connectivity index (χ2n) is 4.49. The molecule has 0 spiro atoms. The molecule has 0 aliphatic rings. The Morgan fingerprint density at radius 1 is 1.24 bits per heavy atom. The molecule has 2 rings (SSSR count). The fourth-order valence-electron chi connectivity index (χ4n) is 1.93. The monoisotopic (exact) mass is 291 g/mol. The number of nitrogens with zero attached hydrogens (tertiary/aromatic N) is 2. The summed E-state index contributed by atoms with van der Waals surface area (Å²) in [7, 11) is 0. The van der Waals surface area contributed by atoms with Gasteiger partial charge in [-0.2, -0.15) is 4.98 Å². The minimum Gasteiger partial charge on any atom is -0.490 e. The zero-order valence-electron chi connectivity index (χ0n) is 12.5. The molecule has 0 saturated heterocycles. The number of benzene rings is 1. The molecule has 114 valence electrons. The average molecular weight is 291 g/mol. The van der Waals surface area contributed by atoms with Gasteiger partial charge in [0.05, 0.1) is 6.61 Å². The number of rotatable bonds is 9. The van der Waals surface area contributed by atoms with E-state index in [1.54, 1.807) is 0 Å². The van der Waals surface area contributed by atoms with Crippen molar-refractivity contribution in [1.29, 1.82) is 0 Å². The molecule has 0 radical (unpaired) electrons. The van der Waals surface area contributed by atoms with E-state index < -0.39 is 0 Å². The molecule has 0 atom stereocenters. The molecule has 0 saturated carbocycles. The van der Waals surface area contributed by atoms with Gasteiger partial charge in [0.15, 0.2) is 18.1 Å². The highest BCUT2D eigenvalue weighted by Crippen LogP contribution is 2.32. The van der Waals surface area contributed by atoms with Crippen LogP contribution in [-0.4, -0.2) is 23.3 Å². The number of para-hydroxylation sites is 1. The van der Waals surface area contributed by atoms with E-state index >= 15 is 0 Å². The lowest BCUT2D eigenvalue weighted by Gasteiger charge is -2.15. The van der Waals surface area contributed by atoms with Gasteiger partial charge in [0.2, 0.25) is 12.2 Å². The standard InChI is InChI=1S/C15H21N3O3/c1-3-8-16-9-12-6-5-7-13(19-4-2)15(12)20-10-14-17-11-21-18-14/h5-7,11,16H,3-4,8-10H2,1-2H3. The number of nitrogens with one attached hydrogen (secondary N) is 1. The smallest absolute Gasteiger partial charge is 0.213 e. The first-order valence-corrected chi connectivity index (χ1v) is 7.18. The first kappa shape index (κ1) is 15.3. The number of hydrogen-bond acceptors (Lipinski definition) is 6. The minimum absolute atomic E-state index is 0.251. The van der Waals surface area contributed by atoms with E-state index in [1.807, 2.05) is 25.1 Å². The van der Waals surface area contributed by atoms with E-state index in [9.17, 15) is 0 Å². The molecule has 1 N–H and O–H groups in total. The Balaban J connectivity index is 2.12. The van der Waals surface area contributed by atoms with Crippen LogP contribution in [0.5, 0.6) is 11.5 Å². The van der Waals surface area contributed by atoms with Crippen LogP contribution < -0.4 is 14.8 Å². The Labute approximate surface area is 124 Å². The van der Waals surface area contributed by atoms with Crippen LogP contribution in [0.25, 0.3) is 0 Å². The van der Waals surface area contributed by atoms with E-state index in [1.165, 1.54) is 6.39 Å². The Kier molecular flexibility index (Phi) is 6.02. The first-order chi connectivity index (χ1) is 10.3. The lowest BCUT2D eigenvalue weighted by atomic mass is 10.2. The molecule has 0 bridgehead atoms. The van der Waals surface area contributed by atoms with Gasteiger partial charge in [-0.05, 0) is 26.0 Å². The molecule has 0 aliphatic heterocycles. The van der Waals surface area contributed by atoms with E-state index in [0.717, 1.165) is 36.6 Å². The topological polar surface area (TPSA) is 69.4 Å². The van der Waals surface area contributed by atoms with Crippen LogP contribution in [0.1, 0.15) is 31.7 Å². The molecule has 1 aromatic carbocycles. The number of aromatic nitrogens is 2. The Morgan fingerprint density at radius 3 is 2.86 bits per heavy atom. The van der Waals surface area contributed by atoms with E-state index in [-0.39, 0.29) is 6.61 Å². The summed E-state index contributed by atoms with van der Waals surface area (Å²) in [5.74, 6) is 1.97. The average Bonchev–Trinajstić information content (AvgIpc) is 3.00. The highest BCUT2D eigenvalue weighted by Gasteiger charge is 2.12. The third-order valence-corrected chi connectivity index (χ3v) is 2.86. The summed E-state index contributed by atoms with van der Waals surface area (Å²) in [6.07, 6.45) is 2.38. The van der Waals surface area contributed by atoms with Crippen LogP contribution in [0.4, 0.5) is 0 Å². The maximum atomic E-state index is 5.85. The highest BCUT2D eigenvalue weighted by atomic mass is 16.5. The van der Waals surface area contributed by atoms with Crippen LogP contribution in [0.15, 0.2) is 29.1 Å². The zero-order chi connectivity index (χ0) is 14.9. The van der Waals surface area contributed by atoms with Gasteiger partial charge in [0, 0.05) is 12.1 Å². The van der Waals surface area contributed by atoms with Gasteiger partial charge in [0.1, 0.15) is 0 Å². The second-order valence-corrected chi connectivity index (χ2v) is 4.49. The van der Waals surface area contributed by atoms with Gasteiger partial charge in [-0.1, -0.05) is 24.2 Å². The van der Waals surface area contributed by atoms with Gasteiger partial charge < -0.3 is 19.3 Å². The third kappa shape index (κ3) is 4.46. The van der Waals surface area contributed by atoms with Crippen molar-refractivity contribution in [2.75, 3.05) is 13.2 Å². The maximum Gasteiger partial charge on any atom is 0.213 e. The third-order valence-electron chi connectivity index (χ3n) is 2.86. The normalized spacial score (nSPS) is 10.6. The molecule has 6 heteroatoms. The largest absolute Gasteiger partial charge is 0.490 e. The quantitative estimate of drug-likeness (QED) is 0.716. The van der Waals surface area contributed by atoms with Crippen LogP contribution in [0.2, 0.25) is 0 Å². The molecule has 0 amide bonds. The predicted molar refractivity (Wildman–Crippen MR) is 78.2 cm³/mol. The van der Waals surface area contributed by atoms with Crippen LogP contribution in [0, 0.1) is 0 Å². The van der Waals surface area contributed by atoms with Crippen LogP contribution >= 0.6 is 0 Å². The second kappa shape index (κ2) is 8.26. The van der Waals surface area contributed by atoms with E-state index in [2.05, 4.69) is 22.4 Å². The highest BCUT2D eigenvalue weighted by molar-refractivity contribution is 5.46. The van der Waals surface area contributed by atoms with Crippen molar-refractivity contribution in [2.24, 2.45) is 0 Å². The molecule has 0 fully saturated rings. The van der Waals surface area contributed by atoms with Crippen molar-refractivity contribution < 1.29 is 14.0 Å². The molecule has 6 nitrogen and oxygen atoms in total. The summed E-state index contributed by atoms with van der Waals surface area (Å²) in [6, 6.07) is 5.89. The Bertz CT molecular complexity index is 529. The van der Waals surface area contributed by atoms with Gasteiger partial charge in [0.25, 0.3) is 0 Å². The van der Waals surface area contributed by atoms with Crippen molar-refractivity contribution in [3.05, 3.63) is 36.0 Å². The fourth-order valence-corrected chi connectivity index (χ4v) is 1.93. The first-order valence-electron chi connectivity index (χ1n) is 7.18. The summed E-state index contributed by atoms with van der Waals surface area (Å²) in [5, 5.41) is 7.11. The lowest BCUT2D eigenvalue weighted by Crippen LogP contribution is -2.15. The van der Waals surface area contributed by atoms with Gasteiger partial charge in [-0.15, -0.1) is 0 Å². The summed E-state index contributed by atoms with van der Waals surface area (Å²) >= 11 is 0. The summed E-state index contributed by atoms with van der Waals surface area (Å²) < 4.78 is 16.2. The summed E-state index contributed by atoms with van der Waals surface area (Å²) in [6.45, 7) is 6.62. The van der Waals surface area contributed by atoms with E-state index in [0.29, 0.717) is 12.4 Å². The van der Waals surface area contributed by atoms with Crippen molar-refractivity contribution in [2.45, 2.75) is 33.4 Å². The SMILES string of the molecule is CCCNCc1cccc(OCC)c1OCc1ncon1. The summed E-state index contributed by atoms with van der Waals surface area (Å²) in [5.41, 5.74) is 1.05. The molecular weight excluding hydrogens is 270 g/mol. The van der Waals surface area contributed by atoms with Crippen molar-refractivity contribution in [3.63, 3.8) is 0 Å². The fraction of sp³-hybridized carbons (Fsp3) is 0.467. The zero-order valence-corrected chi connectivity index (χ0v) is 12.5. The number of hydrogen-bond donors (Lipinski definition) is 1. The molecular formula is C15H21N3O3. The minimum atomic E-state index is 0.251. The molecule has 1 aromatic heterocycles.